The Morgan fingerprint density at radius 2 is 1.36 bits per heavy atom. The van der Waals surface area contributed by atoms with Crippen molar-refractivity contribution >= 4 is 17.6 Å². The summed E-state index contributed by atoms with van der Waals surface area (Å²) in [5.41, 5.74) is 5.52. The van der Waals surface area contributed by atoms with Crippen molar-refractivity contribution in [2.45, 2.75) is 45.4 Å². The molecule has 0 amide bonds. The molecule has 3 atom stereocenters. The van der Waals surface area contributed by atoms with Crippen molar-refractivity contribution in [3.8, 4) is 34.5 Å². The molecule has 276 valence electrons. The number of benzene rings is 4. The molecule has 0 radical (unpaired) electrons. The Kier molecular flexibility index (Phi) is 12.5. The molecular weight excluding hydrogens is 668 g/mol. The second-order valence-corrected chi connectivity index (χ2v) is 13.4. The second-order valence-electron chi connectivity index (χ2n) is 13.4. The molecule has 0 heterocycles. The molecule has 1 aliphatic rings. The number of aromatic hydroxyl groups is 1. The van der Waals surface area contributed by atoms with Gasteiger partial charge < -0.3 is 28.8 Å². The predicted molar refractivity (Wildman–Crippen MR) is 208 cm³/mol. The van der Waals surface area contributed by atoms with Gasteiger partial charge in [0.2, 0.25) is 0 Å². The van der Waals surface area contributed by atoms with Crippen LogP contribution in [-0.4, -0.2) is 52.2 Å². The van der Waals surface area contributed by atoms with Crippen LogP contribution in [0.5, 0.6) is 34.5 Å². The number of phenolic OH excluding ortho intramolecular Hbond substituents is 1. The van der Waals surface area contributed by atoms with E-state index in [-0.39, 0.29) is 28.8 Å². The smallest absolute Gasteiger partial charge is 0.189 e. The van der Waals surface area contributed by atoms with Gasteiger partial charge in [0.15, 0.2) is 11.6 Å². The van der Waals surface area contributed by atoms with E-state index in [4.69, 9.17) is 23.7 Å². The molecule has 4 aromatic carbocycles. The predicted octanol–water partition coefficient (Wildman–Crippen LogP) is 9.56. The van der Waals surface area contributed by atoms with E-state index < -0.39 is 11.8 Å². The number of hydrogen-bond donors (Lipinski definition) is 1. The molecule has 4 aromatic rings. The standard InChI is InChI=1S/C45H48O8/c1-27(2)9-19-34-39(51-6)23-21-35(43(34)47)44(48)41-36(30-13-17-32(50-5)18-14-30)25-28(3)26-37(41)42-40(52-7)24-20-33(45(42)53-8)38(46)22-12-29-10-15-31(49-4)16-11-29/h9-18,20-24,26,36-37,41,47H,19,25H2,1-8H3/b22-12+/t36-,37+,41-/m0/s1. The molecule has 0 aromatic heterocycles. The Balaban J connectivity index is 1.70. The molecule has 1 aliphatic carbocycles. The molecule has 0 fully saturated rings. The molecule has 0 saturated carbocycles. The van der Waals surface area contributed by atoms with Crippen LogP contribution in [0.15, 0.2) is 102 Å². The lowest BCUT2D eigenvalue weighted by atomic mass is 9.65. The van der Waals surface area contributed by atoms with E-state index in [1.807, 2.05) is 75.4 Å². The van der Waals surface area contributed by atoms with E-state index >= 15 is 4.79 Å². The molecule has 53 heavy (non-hydrogen) atoms. The van der Waals surface area contributed by atoms with Crippen LogP contribution in [0.3, 0.4) is 0 Å². The monoisotopic (exact) mass is 716 g/mol. The van der Waals surface area contributed by atoms with Crippen molar-refractivity contribution in [1.29, 1.82) is 0 Å². The Hall–Kier alpha value is -5.76. The first-order valence-electron chi connectivity index (χ1n) is 17.5. The maximum Gasteiger partial charge on any atom is 0.189 e. The summed E-state index contributed by atoms with van der Waals surface area (Å²) in [4.78, 5) is 29.1. The number of carbonyl (C=O) groups excluding carboxylic acids is 2. The van der Waals surface area contributed by atoms with Crippen molar-refractivity contribution in [2.75, 3.05) is 35.5 Å². The van der Waals surface area contributed by atoms with Crippen LogP contribution >= 0.6 is 0 Å². The molecule has 0 aliphatic heterocycles. The average molecular weight is 717 g/mol. The fourth-order valence-electron chi connectivity index (χ4n) is 7.14. The topological polar surface area (TPSA) is 101 Å². The quantitative estimate of drug-likeness (QED) is 0.0783. The van der Waals surface area contributed by atoms with Gasteiger partial charge in [-0.25, -0.2) is 0 Å². The minimum Gasteiger partial charge on any atom is -0.507 e. The summed E-state index contributed by atoms with van der Waals surface area (Å²) >= 11 is 0. The van der Waals surface area contributed by atoms with Crippen LogP contribution in [0.4, 0.5) is 0 Å². The van der Waals surface area contributed by atoms with Crippen molar-refractivity contribution in [1.82, 2.24) is 0 Å². The van der Waals surface area contributed by atoms with E-state index in [0.717, 1.165) is 28.0 Å². The number of allylic oxidation sites excluding steroid dienone is 5. The Morgan fingerprint density at radius 1 is 0.755 bits per heavy atom. The van der Waals surface area contributed by atoms with Crippen LogP contribution in [0.1, 0.15) is 82.0 Å². The van der Waals surface area contributed by atoms with Crippen LogP contribution in [0, 0.1) is 5.92 Å². The number of phenols is 1. The summed E-state index contributed by atoms with van der Waals surface area (Å²) in [5, 5.41) is 11.8. The summed E-state index contributed by atoms with van der Waals surface area (Å²) in [5.74, 6) is 0.424. The van der Waals surface area contributed by atoms with Gasteiger partial charge in [-0.2, -0.15) is 0 Å². The van der Waals surface area contributed by atoms with E-state index in [9.17, 15) is 9.90 Å². The highest BCUT2D eigenvalue weighted by atomic mass is 16.5. The maximum absolute atomic E-state index is 15.2. The number of ketones is 2. The van der Waals surface area contributed by atoms with E-state index in [2.05, 4.69) is 6.08 Å². The molecule has 8 heteroatoms. The number of ether oxygens (including phenoxy) is 5. The van der Waals surface area contributed by atoms with Gasteiger partial charge in [-0.1, -0.05) is 53.6 Å². The van der Waals surface area contributed by atoms with Gasteiger partial charge in [0.05, 0.1) is 46.7 Å². The van der Waals surface area contributed by atoms with Gasteiger partial charge in [0.1, 0.15) is 34.5 Å². The summed E-state index contributed by atoms with van der Waals surface area (Å²) in [6.07, 6.45) is 8.28. The minimum atomic E-state index is -0.731. The van der Waals surface area contributed by atoms with Gasteiger partial charge in [0, 0.05) is 23.0 Å². The zero-order chi connectivity index (χ0) is 38.2. The molecule has 1 N–H and O–H groups in total. The fraction of sp³-hybridized carbons (Fsp3) is 0.289. The third kappa shape index (κ3) is 8.33. The van der Waals surface area contributed by atoms with Crippen LogP contribution < -0.4 is 23.7 Å². The minimum absolute atomic E-state index is 0.114. The number of hydrogen-bond acceptors (Lipinski definition) is 8. The summed E-state index contributed by atoms with van der Waals surface area (Å²) in [6, 6.07) is 21.9. The molecule has 0 bridgehead atoms. The molecular formula is C45H48O8. The lowest BCUT2D eigenvalue weighted by Crippen LogP contribution is -2.32. The highest BCUT2D eigenvalue weighted by Crippen LogP contribution is 2.52. The fourth-order valence-corrected chi connectivity index (χ4v) is 7.14. The van der Waals surface area contributed by atoms with E-state index in [1.54, 1.807) is 58.8 Å². The van der Waals surface area contributed by atoms with Crippen molar-refractivity contribution in [2.24, 2.45) is 5.92 Å². The van der Waals surface area contributed by atoms with Crippen molar-refractivity contribution < 1.29 is 38.4 Å². The SMILES string of the molecule is COc1ccc(/C=C/C(=O)c2ccc(OC)c([C@@H]3C=C(C)C[C@@H](c4ccc(OC)cc4)[C@@H]3C(=O)c3ccc(OC)c(CC=C(C)C)c3O)c2OC)cc1. The Labute approximate surface area is 312 Å². The molecule has 5 rings (SSSR count). The summed E-state index contributed by atoms with van der Waals surface area (Å²) in [6.45, 7) is 6.00. The van der Waals surface area contributed by atoms with E-state index in [0.29, 0.717) is 52.5 Å². The van der Waals surface area contributed by atoms with Gasteiger partial charge in [-0.05, 0) is 105 Å². The van der Waals surface area contributed by atoms with Gasteiger partial charge in [0.25, 0.3) is 0 Å². The number of methoxy groups -OCH3 is 5. The first-order chi connectivity index (χ1) is 25.5. The summed E-state index contributed by atoms with van der Waals surface area (Å²) < 4.78 is 28.3. The normalized spacial score (nSPS) is 16.8. The molecule has 8 nitrogen and oxygen atoms in total. The lowest BCUT2D eigenvalue weighted by molar-refractivity contribution is 0.0876. The van der Waals surface area contributed by atoms with Gasteiger partial charge in [-0.15, -0.1) is 0 Å². The average Bonchev–Trinajstić information content (AvgIpc) is 3.18. The Morgan fingerprint density at radius 3 is 1.94 bits per heavy atom. The highest BCUT2D eigenvalue weighted by molar-refractivity contribution is 6.09. The molecule has 0 saturated heterocycles. The zero-order valence-electron chi connectivity index (χ0n) is 31.7. The maximum atomic E-state index is 15.2. The van der Waals surface area contributed by atoms with Crippen LogP contribution in [0.2, 0.25) is 0 Å². The molecule has 0 unspecified atom stereocenters. The third-order valence-electron chi connectivity index (χ3n) is 9.83. The first-order valence-corrected chi connectivity index (χ1v) is 17.5. The summed E-state index contributed by atoms with van der Waals surface area (Å²) in [7, 11) is 7.84. The second kappa shape index (κ2) is 17.2. The highest BCUT2D eigenvalue weighted by Gasteiger charge is 2.43. The van der Waals surface area contributed by atoms with Gasteiger partial charge in [-0.3, -0.25) is 9.59 Å². The van der Waals surface area contributed by atoms with Crippen LogP contribution in [-0.2, 0) is 6.42 Å². The lowest BCUT2D eigenvalue weighted by Gasteiger charge is -2.38. The number of Topliss-reactive ketones (excluding diaryl/α,β-unsaturated/α-hetero) is 1. The largest absolute Gasteiger partial charge is 0.507 e. The third-order valence-corrected chi connectivity index (χ3v) is 9.83. The number of rotatable bonds is 14. The van der Waals surface area contributed by atoms with Crippen molar-refractivity contribution in [3.63, 3.8) is 0 Å². The molecule has 0 spiro atoms. The zero-order valence-corrected chi connectivity index (χ0v) is 31.7. The number of carbonyl (C=O) groups is 2. The van der Waals surface area contributed by atoms with Crippen molar-refractivity contribution in [3.05, 3.63) is 136 Å². The Bertz CT molecular complexity index is 2030. The van der Waals surface area contributed by atoms with Crippen LogP contribution in [0.25, 0.3) is 6.08 Å². The first kappa shape index (κ1) is 38.5. The van der Waals surface area contributed by atoms with E-state index in [1.165, 1.54) is 13.2 Å². The van der Waals surface area contributed by atoms with Gasteiger partial charge >= 0.3 is 0 Å².